The first-order valence-corrected chi connectivity index (χ1v) is 12.8. The van der Waals surface area contributed by atoms with Crippen LogP contribution >= 0.6 is 0 Å². The first-order valence-electron chi connectivity index (χ1n) is 12.8. The van der Waals surface area contributed by atoms with Crippen LogP contribution in [0.4, 0.5) is 14.5 Å². The van der Waals surface area contributed by atoms with Crippen molar-refractivity contribution in [2.24, 2.45) is 0 Å². The number of fused-ring (bicyclic) bond motifs is 2. The summed E-state index contributed by atoms with van der Waals surface area (Å²) in [6.45, 7) is 3.06. The Morgan fingerprint density at radius 2 is 1.76 bits per heavy atom. The molecule has 0 atom stereocenters. The van der Waals surface area contributed by atoms with Crippen LogP contribution in [-0.2, 0) is 22.2 Å². The van der Waals surface area contributed by atoms with E-state index in [4.69, 9.17) is 4.74 Å². The highest BCUT2D eigenvalue weighted by atomic mass is 19.1. The lowest BCUT2D eigenvalue weighted by atomic mass is 9.96. The molecule has 0 bridgehead atoms. The van der Waals surface area contributed by atoms with Crippen molar-refractivity contribution in [2.75, 3.05) is 18.1 Å². The molecule has 1 spiro atoms. The third kappa shape index (κ3) is 4.16. The molecule has 3 aromatic carbocycles. The lowest BCUT2D eigenvalue weighted by Crippen LogP contribution is -2.36. The number of anilines is 1. The molecule has 3 aromatic rings. The number of hydrogen-bond donors (Lipinski definition) is 1. The molecule has 1 aliphatic heterocycles. The van der Waals surface area contributed by atoms with E-state index in [9.17, 15) is 18.4 Å². The van der Waals surface area contributed by atoms with Crippen LogP contribution in [0.3, 0.4) is 0 Å². The van der Waals surface area contributed by atoms with E-state index in [0.29, 0.717) is 29.8 Å². The Balaban J connectivity index is 1.27. The number of ether oxygens (including phenoxy) is 1. The van der Waals surface area contributed by atoms with Crippen molar-refractivity contribution < 1.29 is 23.1 Å². The van der Waals surface area contributed by atoms with Gasteiger partial charge in [0.25, 0.3) is 5.91 Å². The molecule has 0 unspecified atom stereocenters. The first-order chi connectivity index (χ1) is 17.8. The molecule has 1 N–H and O–H groups in total. The standard InChI is InChI=1S/C30H28F2N2O3/c1-2-37-28(36)19-6-9-21(10-7-19)30(14-15-30)33-27(35)23-4-3-5-24-26(23)34(18-29(24)12-13-29)17-20-8-11-22(31)16-25(20)32/h3-11,16H,2,12-15,17-18H2,1H3,(H,33,35). The van der Waals surface area contributed by atoms with Gasteiger partial charge < -0.3 is 15.0 Å². The lowest BCUT2D eigenvalue weighted by Gasteiger charge is -2.24. The highest BCUT2D eigenvalue weighted by molar-refractivity contribution is 6.02. The minimum Gasteiger partial charge on any atom is -0.462 e. The summed E-state index contributed by atoms with van der Waals surface area (Å²) in [5.74, 6) is -1.73. The summed E-state index contributed by atoms with van der Waals surface area (Å²) in [7, 11) is 0. The van der Waals surface area contributed by atoms with Crippen LogP contribution in [0.5, 0.6) is 0 Å². The Morgan fingerprint density at radius 3 is 2.41 bits per heavy atom. The predicted octanol–water partition coefficient (Wildman–Crippen LogP) is 5.61. The second-order valence-corrected chi connectivity index (χ2v) is 10.4. The lowest BCUT2D eigenvalue weighted by molar-refractivity contribution is 0.0526. The van der Waals surface area contributed by atoms with Crippen LogP contribution in [0.1, 0.15) is 70.0 Å². The summed E-state index contributed by atoms with van der Waals surface area (Å²) in [5.41, 5.74) is 3.90. The molecule has 37 heavy (non-hydrogen) atoms. The molecule has 5 nitrogen and oxygen atoms in total. The average Bonchev–Trinajstić information content (AvgIpc) is 3.81. The Kier molecular flexibility index (Phi) is 5.55. The number of nitrogens with one attached hydrogen (secondary N) is 1. The topological polar surface area (TPSA) is 58.6 Å². The summed E-state index contributed by atoms with van der Waals surface area (Å²) in [4.78, 5) is 27.8. The Hall–Kier alpha value is -3.74. The zero-order chi connectivity index (χ0) is 25.8. The zero-order valence-electron chi connectivity index (χ0n) is 20.7. The number of hydrogen-bond acceptors (Lipinski definition) is 4. The molecule has 2 fully saturated rings. The molecular weight excluding hydrogens is 474 g/mol. The third-order valence-corrected chi connectivity index (χ3v) is 7.94. The van der Waals surface area contributed by atoms with Gasteiger partial charge >= 0.3 is 5.97 Å². The number of amides is 1. The van der Waals surface area contributed by atoms with Crippen molar-refractivity contribution >= 4 is 17.6 Å². The maximum atomic E-state index is 14.5. The fourth-order valence-electron chi connectivity index (χ4n) is 5.63. The van der Waals surface area contributed by atoms with Gasteiger partial charge in [-0.3, -0.25) is 4.79 Å². The molecule has 0 saturated heterocycles. The van der Waals surface area contributed by atoms with Crippen LogP contribution < -0.4 is 10.2 Å². The van der Waals surface area contributed by atoms with Crippen LogP contribution in [-0.4, -0.2) is 25.0 Å². The molecule has 1 heterocycles. The smallest absolute Gasteiger partial charge is 0.338 e. The average molecular weight is 503 g/mol. The molecule has 2 saturated carbocycles. The summed E-state index contributed by atoms with van der Waals surface area (Å²) in [6, 6.07) is 16.7. The van der Waals surface area contributed by atoms with Gasteiger partial charge in [0.2, 0.25) is 0 Å². The second-order valence-electron chi connectivity index (χ2n) is 10.4. The maximum absolute atomic E-state index is 14.5. The number of para-hydroxylation sites is 1. The SMILES string of the molecule is CCOC(=O)c1ccc(C2(NC(=O)c3cccc4c3N(Cc3ccc(F)cc3F)CC43CC3)CC2)cc1. The highest BCUT2D eigenvalue weighted by Gasteiger charge is 2.53. The van der Waals surface area contributed by atoms with E-state index in [2.05, 4.69) is 16.3 Å². The fourth-order valence-corrected chi connectivity index (χ4v) is 5.63. The normalized spacial score (nSPS) is 17.9. The number of carbonyl (C=O) groups is 2. The molecular formula is C30H28F2N2O3. The summed E-state index contributed by atoms with van der Waals surface area (Å²) in [5, 5.41) is 3.25. The van der Waals surface area contributed by atoms with Gasteiger partial charge in [-0.2, -0.15) is 0 Å². The minimum absolute atomic E-state index is 0.00231. The van der Waals surface area contributed by atoms with Gasteiger partial charge in [-0.15, -0.1) is 0 Å². The van der Waals surface area contributed by atoms with Crippen LogP contribution in [0, 0.1) is 11.6 Å². The number of halogens is 2. The van der Waals surface area contributed by atoms with E-state index >= 15 is 0 Å². The number of rotatable bonds is 7. The van der Waals surface area contributed by atoms with Gasteiger partial charge in [0, 0.05) is 30.1 Å². The van der Waals surface area contributed by atoms with Crippen LogP contribution in [0.2, 0.25) is 0 Å². The van der Waals surface area contributed by atoms with E-state index < -0.39 is 17.2 Å². The molecule has 0 aromatic heterocycles. The Morgan fingerprint density at radius 1 is 1.00 bits per heavy atom. The fraction of sp³-hybridized carbons (Fsp3) is 0.333. The highest BCUT2D eigenvalue weighted by Crippen LogP contribution is 2.57. The van der Waals surface area contributed by atoms with Crippen LogP contribution in [0.25, 0.3) is 0 Å². The summed E-state index contributed by atoms with van der Waals surface area (Å²) < 4.78 is 33.1. The van der Waals surface area contributed by atoms with Gasteiger partial charge in [-0.05, 0) is 68.0 Å². The van der Waals surface area contributed by atoms with Gasteiger partial charge in [-0.1, -0.05) is 30.3 Å². The number of benzene rings is 3. The molecule has 6 rings (SSSR count). The number of carbonyl (C=O) groups excluding carboxylic acids is 2. The zero-order valence-corrected chi connectivity index (χ0v) is 20.7. The third-order valence-electron chi connectivity index (χ3n) is 7.94. The van der Waals surface area contributed by atoms with Crippen molar-refractivity contribution in [2.45, 2.75) is 50.1 Å². The molecule has 0 radical (unpaired) electrons. The first kappa shape index (κ1) is 23.6. The predicted molar refractivity (Wildman–Crippen MR) is 136 cm³/mol. The Labute approximate surface area is 214 Å². The van der Waals surface area contributed by atoms with Crippen molar-refractivity contribution in [1.29, 1.82) is 0 Å². The van der Waals surface area contributed by atoms with Crippen LogP contribution in [0.15, 0.2) is 60.7 Å². The molecule has 1 amide bonds. The van der Waals surface area contributed by atoms with E-state index in [-0.39, 0.29) is 23.8 Å². The van der Waals surface area contributed by atoms with E-state index in [1.54, 1.807) is 19.1 Å². The van der Waals surface area contributed by atoms with Gasteiger partial charge in [-0.25, -0.2) is 13.6 Å². The quantitative estimate of drug-likeness (QED) is 0.427. The maximum Gasteiger partial charge on any atom is 0.338 e. The minimum atomic E-state index is -0.605. The number of esters is 1. The molecule has 7 heteroatoms. The number of nitrogens with zero attached hydrogens (tertiary/aromatic N) is 1. The van der Waals surface area contributed by atoms with Gasteiger partial charge in [0.15, 0.2) is 0 Å². The van der Waals surface area contributed by atoms with Gasteiger partial charge in [0.05, 0.1) is 29.0 Å². The van der Waals surface area contributed by atoms with E-state index in [0.717, 1.165) is 48.6 Å². The summed E-state index contributed by atoms with van der Waals surface area (Å²) >= 11 is 0. The second kappa shape index (κ2) is 8.68. The molecule has 190 valence electrons. The molecule has 3 aliphatic rings. The van der Waals surface area contributed by atoms with Crippen molar-refractivity contribution in [1.82, 2.24) is 5.32 Å². The summed E-state index contributed by atoms with van der Waals surface area (Å²) in [6.07, 6.45) is 3.68. The van der Waals surface area contributed by atoms with Crippen molar-refractivity contribution in [3.8, 4) is 0 Å². The van der Waals surface area contributed by atoms with E-state index in [1.165, 1.54) is 12.1 Å². The van der Waals surface area contributed by atoms with E-state index in [1.807, 2.05) is 24.3 Å². The van der Waals surface area contributed by atoms with Crippen molar-refractivity contribution in [3.05, 3.63) is 100 Å². The largest absolute Gasteiger partial charge is 0.462 e. The molecule has 2 aliphatic carbocycles. The monoisotopic (exact) mass is 502 g/mol. The Bertz CT molecular complexity index is 1390. The van der Waals surface area contributed by atoms with Gasteiger partial charge in [0.1, 0.15) is 11.6 Å². The van der Waals surface area contributed by atoms with Crippen molar-refractivity contribution in [3.63, 3.8) is 0 Å².